The smallest absolute Gasteiger partial charge is 0.328 e. The Balaban J connectivity index is 0.000000459. The lowest BCUT2D eigenvalue weighted by molar-refractivity contribution is -0.140. The van der Waals surface area contributed by atoms with Gasteiger partial charge in [0.15, 0.2) is 0 Å². The third-order valence-corrected chi connectivity index (χ3v) is 7.12. The number of rotatable bonds is 8. The van der Waals surface area contributed by atoms with Crippen LogP contribution in [0.2, 0.25) is 0 Å². The second kappa shape index (κ2) is 13.5. The molecule has 2 amide bonds. The highest BCUT2D eigenvalue weighted by Crippen LogP contribution is 2.39. The van der Waals surface area contributed by atoms with Crippen molar-refractivity contribution in [2.75, 3.05) is 51.3 Å². The number of aliphatic hydroxyl groups excluding tert-OH is 1. The van der Waals surface area contributed by atoms with Crippen LogP contribution in [0.4, 0.5) is 14.5 Å². The Bertz CT molecular complexity index is 1050. The van der Waals surface area contributed by atoms with E-state index in [0.29, 0.717) is 30.9 Å². The van der Waals surface area contributed by atoms with Crippen molar-refractivity contribution in [1.29, 1.82) is 0 Å². The number of imide groups is 1. The zero-order chi connectivity index (χ0) is 28.7. The fraction of sp³-hybridized carbons (Fsp3) is 0.538. The van der Waals surface area contributed by atoms with Gasteiger partial charge in [0.2, 0.25) is 11.8 Å². The highest BCUT2D eigenvalue weighted by molar-refractivity contribution is 6.05. The predicted octanol–water partition coefficient (Wildman–Crippen LogP) is 1.15. The highest BCUT2D eigenvalue weighted by atomic mass is 19.1. The zero-order valence-corrected chi connectivity index (χ0v) is 21.5. The van der Waals surface area contributed by atoms with Gasteiger partial charge in [-0.05, 0) is 37.9 Å². The lowest BCUT2D eigenvalue weighted by Crippen LogP contribution is -2.47. The molecule has 214 valence electrons. The van der Waals surface area contributed by atoms with E-state index in [-0.39, 0.29) is 30.5 Å². The average molecular weight is 554 g/mol. The van der Waals surface area contributed by atoms with Gasteiger partial charge >= 0.3 is 11.9 Å². The van der Waals surface area contributed by atoms with E-state index in [1.165, 1.54) is 17.0 Å². The molecule has 2 aliphatic heterocycles. The third kappa shape index (κ3) is 7.73. The van der Waals surface area contributed by atoms with Gasteiger partial charge in [0.25, 0.3) is 0 Å². The number of carboxylic acid groups (broad SMARTS) is 2. The minimum absolute atomic E-state index is 0.0262. The van der Waals surface area contributed by atoms with E-state index in [0.717, 1.165) is 38.4 Å². The minimum Gasteiger partial charge on any atom is -0.495 e. The summed E-state index contributed by atoms with van der Waals surface area (Å²) in [4.78, 5) is 49.9. The molecule has 1 aromatic carbocycles. The first-order valence-electron chi connectivity index (χ1n) is 12.6. The predicted molar refractivity (Wildman–Crippen MR) is 134 cm³/mol. The zero-order valence-electron chi connectivity index (χ0n) is 21.5. The van der Waals surface area contributed by atoms with Crippen LogP contribution in [0.1, 0.15) is 19.3 Å². The maximum absolute atomic E-state index is 13.8. The lowest BCUT2D eigenvalue weighted by atomic mass is 9.78. The molecular weight excluding hydrogens is 520 g/mol. The first-order valence-corrected chi connectivity index (χ1v) is 12.6. The molecule has 1 aromatic rings. The van der Waals surface area contributed by atoms with E-state index >= 15 is 0 Å². The van der Waals surface area contributed by atoms with Crippen molar-refractivity contribution in [3.63, 3.8) is 0 Å². The van der Waals surface area contributed by atoms with E-state index in [9.17, 15) is 33.1 Å². The Morgan fingerprint density at radius 1 is 1.00 bits per heavy atom. The van der Waals surface area contributed by atoms with Gasteiger partial charge in [-0.3, -0.25) is 19.4 Å². The van der Waals surface area contributed by atoms with Crippen molar-refractivity contribution in [3.05, 3.63) is 36.2 Å². The molecule has 0 bridgehead atoms. The van der Waals surface area contributed by atoms with Crippen molar-refractivity contribution in [3.8, 4) is 5.75 Å². The van der Waals surface area contributed by atoms with Crippen LogP contribution in [0, 0.1) is 17.7 Å². The number of anilines is 1. The van der Waals surface area contributed by atoms with Gasteiger partial charge in [-0.2, -0.15) is 0 Å². The molecule has 3 fully saturated rings. The monoisotopic (exact) mass is 553 g/mol. The maximum Gasteiger partial charge on any atom is 0.328 e. The molecule has 3 N–H and O–H groups in total. The minimum atomic E-state index is -1.44. The number of hydrogen-bond acceptors (Lipinski definition) is 8. The standard InChI is InChI=1S/C22H29F2N3O4.C4H4O4/c1-31-20-4-3-14(23)11-18(20)26-9-7-25(8-10-26)5-2-6-27-21(29)15-12-17(24)19(28)13-16(15)22(27)30;5-3(6)1-2-4(7)8/h3-4,11,15-17,19,28H,2,5-10,12-13H2,1H3;1-2H,(H,5,6)(H,7,8). The van der Waals surface area contributed by atoms with Crippen LogP contribution in [0.25, 0.3) is 0 Å². The molecule has 4 atom stereocenters. The summed E-state index contributed by atoms with van der Waals surface area (Å²) < 4.78 is 32.8. The Kier molecular flexibility index (Phi) is 10.4. The number of benzene rings is 1. The molecule has 2 heterocycles. The number of likely N-dealkylation sites (tertiary alicyclic amines) is 1. The molecule has 4 unspecified atom stereocenters. The van der Waals surface area contributed by atoms with Crippen molar-refractivity contribution in [1.82, 2.24) is 9.80 Å². The molecule has 0 aromatic heterocycles. The van der Waals surface area contributed by atoms with Crippen LogP contribution in [-0.4, -0.2) is 108 Å². The Morgan fingerprint density at radius 3 is 2.15 bits per heavy atom. The summed E-state index contributed by atoms with van der Waals surface area (Å²) in [5, 5.41) is 25.3. The molecule has 1 aliphatic carbocycles. The Hall–Kier alpha value is -3.58. The SMILES string of the molecule is COc1ccc(F)cc1N1CCN(CCCN2C(=O)C3CC(O)C(F)CC3C2=O)CC1.O=C(O)C=CC(=O)O. The molecule has 3 aliphatic rings. The summed E-state index contributed by atoms with van der Waals surface area (Å²) in [5.74, 6) is -3.96. The molecule has 0 radical (unpaired) electrons. The molecule has 4 rings (SSSR count). The number of nitrogens with zero attached hydrogens (tertiary/aromatic N) is 3. The summed E-state index contributed by atoms with van der Waals surface area (Å²) in [6.45, 7) is 4.05. The molecule has 0 spiro atoms. The number of ether oxygens (including phenoxy) is 1. The number of hydrogen-bond donors (Lipinski definition) is 3. The van der Waals surface area contributed by atoms with Crippen molar-refractivity contribution in [2.24, 2.45) is 11.8 Å². The Morgan fingerprint density at radius 2 is 1.59 bits per heavy atom. The number of carbonyl (C=O) groups is 4. The first-order chi connectivity index (χ1) is 18.5. The highest BCUT2D eigenvalue weighted by Gasteiger charge is 2.52. The van der Waals surface area contributed by atoms with E-state index < -0.39 is 36.1 Å². The summed E-state index contributed by atoms with van der Waals surface area (Å²) in [7, 11) is 1.57. The van der Waals surface area contributed by atoms with Crippen molar-refractivity contribution >= 4 is 29.4 Å². The normalized spacial score (nSPS) is 25.3. The third-order valence-electron chi connectivity index (χ3n) is 7.12. The fourth-order valence-corrected chi connectivity index (χ4v) is 5.13. The van der Waals surface area contributed by atoms with Gasteiger partial charge in [-0.15, -0.1) is 0 Å². The summed E-state index contributed by atoms with van der Waals surface area (Å²) in [5.41, 5.74) is 0.742. The van der Waals surface area contributed by atoms with Crippen LogP contribution in [0.5, 0.6) is 5.75 Å². The van der Waals surface area contributed by atoms with Gasteiger partial charge < -0.3 is 25.0 Å². The number of piperazine rings is 1. The number of aliphatic carboxylic acids is 2. The number of fused-ring (bicyclic) bond motifs is 1. The number of amides is 2. The average Bonchev–Trinajstić information content (AvgIpc) is 3.12. The summed E-state index contributed by atoms with van der Waals surface area (Å²) in [6, 6.07) is 4.49. The van der Waals surface area contributed by atoms with Crippen LogP contribution in [0.15, 0.2) is 30.4 Å². The van der Waals surface area contributed by atoms with Crippen LogP contribution in [-0.2, 0) is 19.2 Å². The van der Waals surface area contributed by atoms with E-state index in [2.05, 4.69) is 9.80 Å². The number of alkyl halides is 1. The number of halogens is 2. The first kappa shape index (κ1) is 30.0. The van der Waals surface area contributed by atoms with Gasteiger partial charge in [-0.25, -0.2) is 18.4 Å². The molecular formula is C26H33F2N3O8. The fourth-order valence-electron chi connectivity index (χ4n) is 5.13. The maximum atomic E-state index is 13.8. The number of carboxylic acids is 2. The van der Waals surface area contributed by atoms with E-state index in [4.69, 9.17) is 14.9 Å². The second-order valence-corrected chi connectivity index (χ2v) is 9.60. The molecule has 39 heavy (non-hydrogen) atoms. The lowest BCUT2D eigenvalue weighted by Gasteiger charge is -2.36. The van der Waals surface area contributed by atoms with Crippen LogP contribution >= 0.6 is 0 Å². The van der Waals surface area contributed by atoms with Crippen molar-refractivity contribution in [2.45, 2.75) is 31.5 Å². The summed E-state index contributed by atoms with van der Waals surface area (Å²) >= 11 is 0. The Labute approximate surface area is 224 Å². The molecule has 11 nitrogen and oxygen atoms in total. The molecule has 2 saturated heterocycles. The largest absolute Gasteiger partial charge is 0.495 e. The summed E-state index contributed by atoms with van der Waals surface area (Å²) in [6.07, 6.45) is -0.888. The van der Waals surface area contributed by atoms with E-state index in [1.54, 1.807) is 13.2 Å². The van der Waals surface area contributed by atoms with Crippen molar-refractivity contribution < 1.29 is 48.0 Å². The topological polar surface area (TPSA) is 148 Å². The van der Waals surface area contributed by atoms with Crippen LogP contribution in [0.3, 0.4) is 0 Å². The molecule has 13 heteroatoms. The molecule has 1 saturated carbocycles. The number of methoxy groups -OCH3 is 1. The van der Waals surface area contributed by atoms with Crippen LogP contribution < -0.4 is 9.64 Å². The van der Waals surface area contributed by atoms with Gasteiger partial charge in [0.05, 0.1) is 30.7 Å². The quantitative estimate of drug-likeness (QED) is 0.316. The second-order valence-electron chi connectivity index (χ2n) is 9.60. The number of aliphatic hydroxyl groups is 1. The van der Waals surface area contributed by atoms with Gasteiger partial charge in [0.1, 0.15) is 17.7 Å². The number of carbonyl (C=O) groups excluding carboxylic acids is 2. The van der Waals surface area contributed by atoms with Gasteiger partial charge in [0, 0.05) is 50.9 Å². The van der Waals surface area contributed by atoms with Gasteiger partial charge in [-0.1, -0.05) is 0 Å². The van der Waals surface area contributed by atoms with E-state index in [1.807, 2.05) is 0 Å².